The molecule has 124 valence electrons. The molecule has 1 aliphatic rings. The van der Waals surface area contributed by atoms with Gasteiger partial charge in [0, 0.05) is 0 Å². The number of aliphatic hydroxyl groups is 6. The van der Waals surface area contributed by atoms with E-state index >= 15 is 0 Å². The Bertz CT molecular complexity index is 305. The standard InChI is InChI=1S/C6H12O6.C4H7NO4/c7-1-2(8)4(10)6(12)5(11)3(1)9;5-2(4(8)9)1-3(6)7/h1-12H;2H,1,5H2,(H,6,7)(H,8,9). The Morgan fingerprint density at radius 3 is 1.10 bits per heavy atom. The number of carboxylic acid groups (broad SMARTS) is 2. The maximum absolute atomic E-state index is 9.85. The van der Waals surface area contributed by atoms with Crippen LogP contribution in [0.4, 0.5) is 0 Å². The molecule has 11 heteroatoms. The van der Waals surface area contributed by atoms with Gasteiger partial charge in [0.15, 0.2) is 0 Å². The third kappa shape index (κ3) is 5.51. The fourth-order valence-electron chi connectivity index (χ4n) is 1.49. The van der Waals surface area contributed by atoms with Crippen LogP contribution in [0.15, 0.2) is 0 Å². The summed E-state index contributed by atoms with van der Waals surface area (Å²) in [6, 6.07) is -1.29. The van der Waals surface area contributed by atoms with Crippen LogP contribution in [0, 0.1) is 0 Å². The van der Waals surface area contributed by atoms with E-state index < -0.39 is 61.0 Å². The Morgan fingerprint density at radius 2 is 1.00 bits per heavy atom. The van der Waals surface area contributed by atoms with Gasteiger partial charge in [-0.05, 0) is 0 Å². The van der Waals surface area contributed by atoms with Gasteiger partial charge in [0.25, 0.3) is 0 Å². The predicted molar refractivity (Wildman–Crippen MR) is 63.9 cm³/mol. The van der Waals surface area contributed by atoms with Crippen LogP contribution in [0.3, 0.4) is 0 Å². The Balaban J connectivity index is 0.000000400. The molecule has 1 unspecified atom stereocenters. The van der Waals surface area contributed by atoms with Gasteiger partial charge >= 0.3 is 11.9 Å². The Labute approximate surface area is 118 Å². The van der Waals surface area contributed by atoms with Crippen molar-refractivity contribution in [2.24, 2.45) is 5.73 Å². The molecule has 10 N–H and O–H groups in total. The highest BCUT2D eigenvalue weighted by molar-refractivity contribution is 5.80. The van der Waals surface area contributed by atoms with E-state index in [1.165, 1.54) is 0 Å². The van der Waals surface area contributed by atoms with Crippen molar-refractivity contribution < 1.29 is 50.4 Å². The Hall–Kier alpha value is -1.34. The van der Waals surface area contributed by atoms with Crippen LogP contribution in [0.1, 0.15) is 6.42 Å². The summed E-state index contributed by atoms with van der Waals surface area (Å²) in [6.07, 6.45) is -10.4. The Morgan fingerprint density at radius 1 is 0.762 bits per heavy atom. The van der Waals surface area contributed by atoms with Gasteiger partial charge in [-0.1, -0.05) is 0 Å². The van der Waals surface area contributed by atoms with Crippen LogP contribution in [0.2, 0.25) is 0 Å². The van der Waals surface area contributed by atoms with Gasteiger partial charge in [0.1, 0.15) is 42.7 Å². The number of carboxylic acids is 2. The molecule has 21 heavy (non-hydrogen) atoms. The molecule has 1 aliphatic carbocycles. The molecule has 1 atom stereocenters. The molecule has 0 bridgehead atoms. The normalized spacial score (nSPS) is 37.1. The molecule has 11 nitrogen and oxygen atoms in total. The number of carbonyl (C=O) groups is 2. The van der Waals surface area contributed by atoms with E-state index in [4.69, 9.17) is 46.6 Å². The quantitative estimate of drug-likeness (QED) is 0.240. The number of hydrogen-bond acceptors (Lipinski definition) is 9. The first-order valence-corrected chi connectivity index (χ1v) is 5.79. The lowest BCUT2D eigenvalue weighted by Gasteiger charge is -2.39. The summed E-state index contributed by atoms with van der Waals surface area (Å²) < 4.78 is 0. The van der Waals surface area contributed by atoms with Crippen molar-refractivity contribution in [3.63, 3.8) is 0 Å². The highest BCUT2D eigenvalue weighted by Gasteiger charge is 2.47. The molecule has 0 heterocycles. The molecule has 0 aromatic heterocycles. The number of aliphatic hydroxyl groups excluding tert-OH is 6. The minimum atomic E-state index is -1.64. The molecular weight excluding hydrogens is 294 g/mol. The molecule has 1 saturated carbocycles. The van der Waals surface area contributed by atoms with Crippen LogP contribution in [-0.4, -0.2) is 95.5 Å². The lowest BCUT2D eigenvalue weighted by molar-refractivity contribution is -0.223. The van der Waals surface area contributed by atoms with Crippen LogP contribution < -0.4 is 5.73 Å². The second kappa shape index (κ2) is 8.19. The molecule has 0 aliphatic heterocycles. The van der Waals surface area contributed by atoms with Crippen molar-refractivity contribution in [3.05, 3.63) is 0 Å². The topological polar surface area (TPSA) is 222 Å². The SMILES string of the molecule is NC(CC(=O)O)C(=O)O.OC1C(O)C(O)C(O)C(O)C1O. The second-order valence-corrected chi connectivity index (χ2v) is 4.49. The second-order valence-electron chi connectivity index (χ2n) is 4.49. The first-order chi connectivity index (χ1) is 9.50. The molecule has 0 amide bonds. The van der Waals surface area contributed by atoms with Crippen LogP contribution in [0.25, 0.3) is 0 Å². The summed E-state index contributed by atoms with van der Waals surface area (Å²) >= 11 is 0. The van der Waals surface area contributed by atoms with Gasteiger partial charge < -0.3 is 46.6 Å². The van der Waals surface area contributed by atoms with Crippen molar-refractivity contribution in [2.75, 3.05) is 0 Å². The van der Waals surface area contributed by atoms with Crippen molar-refractivity contribution in [1.82, 2.24) is 0 Å². The minimum absolute atomic E-state index is 0.532. The average Bonchev–Trinajstić information content (AvgIpc) is 2.40. The highest BCUT2D eigenvalue weighted by atomic mass is 16.4. The van der Waals surface area contributed by atoms with E-state index in [2.05, 4.69) is 0 Å². The average molecular weight is 313 g/mol. The van der Waals surface area contributed by atoms with Crippen LogP contribution in [0.5, 0.6) is 0 Å². The third-order valence-corrected chi connectivity index (χ3v) is 2.81. The fraction of sp³-hybridized carbons (Fsp3) is 0.800. The monoisotopic (exact) mass is 313 g/mol. The van der Waals surface area contributed by atoms with Crippen molar-refractivity contribution in [2.45, 2.75) is 49.1 Å². The third-order valence-electron chi connectivity index (χ3n) is 2.81. The predicted octanol–water partition coefficient (Wildman–Crippen LogP) is -4.96. The summed E-state index contributed by atoms with van der Waals surface area (Å²) in [5.74, 6) is -2.50. The first-order valence-electron chi connectivity index (χ1n) is 5.79. The lowest BCUT2D eigenvalue weighted by atomic mass is 9.85. The first kappa shape index (κ1) is 19.7. The van der Waals surface area contributed by atoms with Gasteiger partial charge in [-0.2, -0.15) is 0 Å². The zero-order valence-corrected chi connectivity index (χ0v) is 10.7. The molecule has 0 radical (unpaired) electrons. The van der Waals surface area contributed by atoms with Gasteiger partial charge in [-0.15, -0.1) is 0 Å². The van der Waals surface area contributed by atoms with E-state index in [0.29, 0.717) is 0 Å². The van der Waals surface area contributed by atoms with E-state index in [-0.39, 0.29) is 0 Å². The molecule has 0 aromatic carbocycles. The summed E-state index contributed by atoms with van der Waals surface area (Å²) in [5, 5.41) is 69.9. The van der Waals surface area contributed by atoms with E-state index in [0.717, 1.165) is 0 Å². The van der Waals surface area contributed by atoms with Gasteiger partial charge in [0.2, 0.25) is 0 Å². The summed E-state index contributed by atoms with van der Waals surface area (Å²) in [6.45, 7) is 0. The molecule has 0 saturated heterocycles. The van der Waals surface area contributed by atoms with E-state index in [9.17, 15) is 9.59 Å². The molecule has 0 aromatic rings. The van der Waals surface area contributed by atoms with Crippen molar-refractivity contribution in [3.8, 4) is 0 Å². The fourth-order valence-corrected chi connectivity index (χ4v) is 1.49. The molecular formula is C10H19NO10. The molecule has 1 fully saturated rings. The van der Waals surface area contributed by atoms with Crippen LogP contribution >= 0.6 is 0 Å². The number of hydrogen-bond donors (Lipinski definition) is 9. The van der Waals surface area contributed by atoms with E-state index in [1.54, 1.807) is 0 Å². The maximum Gasteiger partial charge on any atom is 0.321 e. The van der Waals surface area contributed by atoms with Crippen molar-refractivity contribution >= 4 is 11.9 Å². The largest absolute Gasteiger partial charge is 0.481 e. The summed E-state index contributed by atoms with van der Waals surface area (Å²) in [7, 11) is 0. The lowest BCUT2D eigenvalue weighted by Crippen LogP contribution is -2.63. The Kier molecular flexibility index (Phi) is 7.67. The van der Waals surface area contributed by atoms with Gasteiger partial charge in [0.05, 0.1) is 6.42 Å². The summed E-state index contributed by atoms with van der Waals surface area (Å²) in [5.41, 5.74) is 4.84. The zero-order valence-electron chi connectivity index (χ0n) is 10.7. The van der Waals surface area contributed by atoms with E-state index in [1.807, 2.05) is 0 Å². The minimum Gasteiger partial charge on any atom is -0.481 e. The number of nitrogens with two attached hydrogens (primary N) is 1. The maximum atomic E-state index is 9.85. The number of aliphatic carboxylic acids is 2. The smallest absolute Gasteiger partial charge is 0.321 e. The molecule has 1 rings (SSSR count). The van der Waals surface area contributed by atoms with Gasteiger partial charge in [-0.3, -0.25) is 9.59 Å². The molecule has 0 spiro atoms. The summed E-state index contributed by atoms with van der Waals surface area (Å²) in [4.78, 5) is 19.6. The van der Waals surface area contributed by atoms with Crippen molar-refractivity contribution in [1.29, 1.82) is 0 Å². The zero-order chi connectivity index (χ0) is 16.9. The highest BCUT2D eigenvalue weighted by Crippen LogP contribution is 2.20. The van der Waals surface area contributed by atoms with Crippen LogP contribution in [-0.2, 0) is 9.59 Å². The van der Waals surface area contributed by atoms with Gasteiger partial charge in [-0.25, -0.2) is 0 Å². The number of rotatable bonds is 3.